The van der Waals surface area contributed by atoms with Crippen LogP contribution in [0.4, 0.5) is 5.69 Å². The van der Waals surface area contributed by atoms with E-state index in [1.165, 1.54) is 11.8 Å². The van der Waals surface area contributed by atoms with Crippen molar-refractivity contribution in [2.24, 2.45) is 0 Å². The number of nitrogens with one attached hydrogen (secondary N) is 2. The second-order valence-electron chi connectivity index (χ2n) is 5.54. The number of H-pyrrole nitrogens is 1. The maximum atomic E-state index is 12.1. The number of aromatic nitrogens is 4. The molecule has 0 spiro atoms. The number of benzene rings is 2. The number of fused-ring (bicyclic) bond motifs is 1. The molecule has 2 aromatic carbocycles. The summed E-state index contributed by atoms with van der Waals surface area (Å²) in [5.74, 6) is 0.157. The summed E-state index contributed by atoms with van der Waals surface area (Å²) in [7, 11) is 0. The average molecular weight is 384 g/mol. The van der Waals surface area contributed by atoms with Crippen LogP contribution in [0, 0.1) is 0 Å². The number of thioether (sulfide) groups is 1. The molecule has 0 atom stereocenters. The van der Waals surface area contributed by atoms with Crippen LogP contribution < -0.4 is 5.32 Å². The second-order valence-corrected chi connectivity index (χ2v) is 6.94. The van der Waals surface area contributed by atoms with Gasteiger partial charge in [-0.2, -0.15) is 5.10 Å². The van der Waals surface area contributed by atoms with Gasteiger partial charge in [-0.15, -0.1) is 0 Å². The Balaban J connectivity index is 1.42. The Hall–Kier alpha value is -2.77. The van der Waals surface area contributed by atoms with Crippen LogP contribution in [-0.2, 0) is 4.79 Å². The van der Waals surface area contributed by atoms with E-state index in [1.807, 2.05) is 30.5 Å². The number of nitrogens with zero attached hydrogens (tertiary/aromatic N) is 3. The Bertz CT molecular complexity index is 1040. The Labute approximate surface area is 158 Å². The van der Waals surface area contributed by atoms with Crippen molar-refractivity contribution in [2.75, 3.05) is 11.1 Å². The van der Waals surface area contributed by atoms with E-state index < -0.39 is 0 Å². The molecule has 2 aromatic heterocycles. The molecule has 0 radical (unpaired) electrons. The molecule has 0 bridgehead atoms. The third kappa shape index (κ3) is 3.74. The van der Waals surface area contributed by atoms with E-state index in [0.29, 0.717) is 15.9 Å². The fourth-order valence-electron chi connectivity index (χ4n) is 2.47. The normalized spacial score (nSPS) is 11.0. The summed E-state index contributed by atoms with van der Waals surface area (Å²) in [5, 5.41) is 8.38. The quantitative estimate of drug-likeness (QED) is 0.508. The number of rotatable bonds is 5. The minimum atomic E-state index is -0.102. The van der Waals surface area contributed by atoms with Crippen LogP contribution in [0.5, 0.6) is 0 Å². The summed E-state index contributed by atoms with van der Waals surface area (Å²) in [6.07, 6.45) is 3.62. The zero-order valence-electron chi connectivity index (χ0n) is 13.5. The molecule has 26 heavy (non-hydrogen) atoms. The van der Waals surface area contributed by atoms with Gasteiger partial charge in [-0.3, -0.25) is 4.79 Å². The van der Waals surface area contributed by atoms with E-state index in [9.17, 15) is 4.79 Å². The lowest BCUT2D eigenvalue weighted by Crippen LogP contribution is -2.13. The first kappa shape index (κ1) is 16.7. The summed E-state index contributed by atoms with van der Waals surface area (Å²) in [6, 6.07) is 14.7. The smallest absolute Gasteiger partial charge is 0.234 e. The zero-order chi connectivity index (χ0) is 17.9. The molecule has 0 aliphatic heterocycles. The maximum Gasteiger partial charge on any atom is 0.234 e. The third-order valence-corrected chi connectivity index (χ3v) is 4.81. The number of carbonyl (C=O) groups is 1. The predicted octanol–water partition coefficient (Wildman–Crippen LogP) is 4.13. The first-order valence-electron chi connectivity index (χ1n) is 7.85. The molecule has 1 amide bonds. The summed E-state index contributed by atoms with van der Waals surface area (Å²) >= 11 is 7.19. The van der Waals surface area contributed by atoms with E-state index in [4.69, 9.17) is 11.6 Å². The molecular formula is C18H14ClN5OS. The average Bonchev–Trinajstić information content (AvgIpc) is 3.30. The fourth-order valence-corrected chi connectivity index (χ4v) is 3.28. The number of halogens is 1. The number of hydrogen-bond acceptors (Lipinski definition) is 4. The third-order valence-electron chi connectivity index (χ3n) is 3.68. The van der Waals surface area contributed by atoms with Gasteiger partial charge in [0.05, 0.1) is 22.5 Å². The molecule has 8 heteroatoms. The molecule has 4 rings (SSSR count). The molecule has 2 heterocycles. The van der Waals surface area contributed by atoms with Crippen LogP contribution in [0.1, 0.15) is 0 Å². The van der Waals surface area contributed by atoms with Gasteiger partial charge in [0, 0.05) is 23.1 Å². The van der Waals surface area contributed by atoms with Crippen LogP contribution >= 0.6 is 23.4 Å². The molecule has 4 aromatic rings. The van der Waals surface area contributed by atoms with Gasteiger partial charge in [0.1, 0.15) is 0 Å². The highest BCUT2D eigenvalue weighted by atomic mass is 35.5. The van der Waals surface area contributed by atoms with E-state index >= 15 is 0 Å². The second kappa shape index (κ2) is 7.23. The van der Waals surface area contributed by atoms with Gasteiger partial charge >= 0.3 is 0 Å². The van der Waals surface area contributed by atoms with Crippen LogP contribution in [0.2, 0.25) is 5.02 Å². The van der Waals surface area contributed by atoms with Crippen molar-refractivity contribution in [3.05, 3.63) is 65.9 Å². The van der Waals surface area contributed by atoms with Gasteiger partial charge in [-0.25, -0.2) is 9.67 Å². The van der Waals surface area contributed by atoms with Gasteiger partial charge in [0.2, 0.25) is 5.91 Å². The van der Waals surface area contributed by atoms with Crippen molar-refractivity contribution in [1.82, 2.24) is 19.7 Å². The van der Waals surface area contributed by atoms with Crippen molar-refractivity contribution < 1.29 is 4.79 Å². The topological polar surface area (TPSA) is 75.6 Å². The molecule has 0 fully saturated rings. The Kier molecular flexibility index (Phi) is 4.64. The van der Waals surface area contributed by atoms with E-state index in [2.05, 4.69) is 20.4 Å². The molecule has 0 saturated heterocycles. The van der Waals surface area contributed by atoms with Crippen molar-refractivity contribution in [1.29, 1.82) is 0 Å². The lowest BCUT2D eigenvalue weighted by Gasteiger charge is -2.04. The summed E-state index contributed by atoms with van der Waals surface area (Å²) in [6.45, 7) is 0. The predicted molar refractivity (Wildman–Crippen MR) is 104 cm³/mol. The van der Waals surface area contributed by atoms with Gasteiger partial charge < -0.3 is 10.3 Å². The lowest BCUT2D eigenvalue weighted by atomic mass is 10.3. The van der Waals surface area contributed by atoms with Gasteiger partial charge in [0.15, 0.2) is 5.16 Å². The van der Waals surface area contributed by atoms with Crippen molar-refractivity contribution in [3.63, 3.8) is 0 Å². The maximum absolute atomic E-state index is 12.1. The number of imidazole rings is 1. The molecule has 0 saturated carbocycles. The van der Waals surface area contributed by atoms with Gasteiger partial charge in [0.25, 0.3) is 0 Å². The number of aromatic amines is 1. The molecule has 2 N–H and O–H groups in total. The SMILES string of the molecule is O=C(CSc1nc2ccc(-n3cccn3)cc2[nH]1)Nc1ccc(Cl)cc1. The van der Waals surface area contributed by atoms with Gasteiger partial charge in [-0.1, -0.05) is 23.4 Å². The number of carbonyl (C=O) groups excluding carboxylic acids is 1. The summed E-state index contributed by atoms with van der Waals surface area (Å²) < 4.78 is 1.78. The van der Waals surface area contributed by atoms with Crippen LogP contribution in [0.15, 0.2) is 66.1 Å². The first-order valence-corrected chi connectivity index (χ1v) is 9.22. The Morgan fingerprint density at radius 2 is 2.08 bits per heavy atom. The highest BCUT2D eigenvalue weighted by molar-refractivity contribution is 7.99. The minimum absolute atomic E-state index is 0.102. The molecule has 0 aliphatic carbocycles. The van der Waals surface area contributed by atoms with Crippen molar-refractivity contribution >= 4 is 46.0 Å². The molecular weight excluding hydrogens is 370 g/mol. The highest BCUT2D eigenvalue weighted by Crippen LogP contribution is 2.22. The van der Waals surface area contributed by atoms with Crippen molar-refractivity contribution in [3.8, 4) is 5.69 Å². The van der Waals surface area contributed by atoms with Gasteiger partial charge in [-0.05, 0) is 48.5 Å². The Morgan fingerprint density at radius 1 is 1.23 bits per heavy atom. The van der Waals surface area contributed by atoms with Crippen LogP contribution in [0.3, 0.4) is 0 Å². The lowest BCUT2D eigenvalue weighted by molar-refractivity contribution is -0.113. The largest absolute Gasteiger partial charge is 0.333 e. The van der Waals surface area contributed by atoms with E-state index in [0.717, 1.165) is 16.7 Å². The number of amides is 1. The summed E-state index contributed by atoms with van der Waals surface area (Å²) in [4.78, 5) is 19.8. The van der Waals surface area contributed by atoms with Crippen LogP contribution in [-0.4, -0.2) is 31.4 Å². The monoisotopic (exact) mass is 383 g/mol. The molecule has 0 unspecified atom stereocenters. The van der Waals surface area contributed by atoms with Crippen molar-refractivity contribution in [2.45, 2.75) is 5.16 Å². The standard InChI is InChI=1S/C18H14ClN5OS/c19-12-2-4-13(5-3-12)21-17(25)11-26-18-22-15-7-6-14(10-16(15)23-18)24-9-1-8-20-24/h1-10H,11H2,(H,21,25)(H,22,23). The molecule has 130 valence electrons. The Morgan fingerprint density at radius 3 is 2.85 bits per heavy atom. The van der Waals surface area contributed by atoms with Crippen LogP contribution in [0.25, 0.3) is 16.7 Å². The fraction of sp³-hybridized carbons (Fsp3) is 0.0556. The molecule has 0 aliphatic rings. The number of hydrogen-bond donors (Lipinski definition) is 2. The highest BCUT2D eigenvalue weighted by Gasteiger charge is 2.09. The summed E-state index contributed by atoms with van der Waals surface area (Å²) in [5.41, 5.74) is 3.41. The number of anilines is 1. The van der Waals surface area contributed by atoms with E-state index in [1.54, 1.807) is 35.1 Å². The van der Waals surface area contributed by atoms with E-state index in [-0.39, 0.29) is 11.7 Å². The zero-order valence-corrected chi connectivity index (χ0v) is 15.1. The minimum Gasteiger partial charge on any atom is -0.333 e. The first-order chi connectivity index (χ1) is 12.7. The molecule has 6 nitrogen and oxygen atoms in total.